The Bertz CT molecular complexity index is 935. The van der Waals surface area contributed by atoms with Crippen molar-refractivity contribution in [2.75, 3.05) is 17.9 Å². The van der Waals surface area contributed by atoms with Gasteiger partial charge in [0.05, 0.1) is 16.5 Å². The van der Waals surface area contributed by atoms with Crippen LogP contribution in [0.4, 0.5) is 10.2 Å². The third kappa shape index (κ3) is 3.70. The Hall–Kier alpha value is -2.46. The first kappa shape index (κ1) is 18.3. The highest BCUT2D eigenvalue weighted by Gasteiger charge is 2.23. The minimum Gasteiger partial charge on any atom is -0.478 e. The van der Waals surface area contributed by atoms with Crippen molar-refractivity contribution in [1.82, 2.24) is 9.78 Å². The average Bonchev–Trinajstić information content (AvgIpc) is 3.05. The van der Waals surface area contributed by atoms with Gasteiger partial charge in [-0.25, -0.2) is 17.6 Å². The molecular formula is C16H18FN3O5S. The summed E-state index contributed by atoms with van der Waals surface area (Å²) in [4.78, 5) is 10.7. The van der Waals surface area contributed by atoms with Crippen LogP contribution in [-0.2, 0) is 14.8 Å². The number of anilines is 1. The third-order valence-electron chi connectivity index (χ3n) is 4.27. The second kappa shape index (κ2) is 7.04. The largest absolute Gasteiger partial charge is 0.478 e. The van der Waals surface area contributed by atoms with Gasteiger partial charge in [0, 0.05) is 25.5 Å². The summed E-state index contributed by atoms with van der Waals surface area (Å²) in [5, 5.41) is 13.3. The fourth-order valence-electron chi connectivity index (χ4n) is 2.77. The van der Waals surface area contributed by atoms with E-state index in [4.69, 9.17) is 9.84 Å². The molecule has 8 nitrogen and oxygen atoms in total. The number of aromatic carboxylic acids is 1. The summed E-state index contributed by atoms with van der Waals surface area (Å²) < 4.78 is 48.1. The lowest BCUT2D eigenvalue weighted by Gasteiger charge is -2.22. The van der Waals surface area contributed by atoms with Crippen LogP contribution in [0.5, 0.6) is 0 Å². The molecule has 10 heteroatoms. The molecule has 1 aliphatic heterocycles. The first-order chi connectivity index (χ1) is 12.3. The van der Waals surface area contributed by atoms with Gasteiger partial charge in [-0.3, -0.25) is 9.40 Å². The first-order valence-corrected chi connectivity index (χ1v) is 9.45. The number of nitrogens with one attached hydrogen (secondary N) is 1. The van der Waals surface area contributed by atoms with Crippen LogP contribution in [0, 0.1) is 12.7 Å². The number of carbonyl (C=O) groups is 1. The van der Waals surface area contributed by atoms with Crippen molar-refractivity contribution in [3.63, 3.8) is 0 Å². The van der Waals surface area contributed by atoms with E-state index in [-0.39, 0.29) is 17.4 Å². The fraction of sp³-hybridized carbons (Fsp3) is 0.375. The number of carboxylic acid groups (broad SMARTS) is 1. The molecule has 2 heterocycles. The van der Waals surface area contributed by atoms with E-state index in [2.05, 4.69) is 9.82 Å². The monoisotopic (exact) mass is 383 g/mol. The molecule has 0 bridgehead atoms. The van der Waals surface area contributed by atoms with E-state index in [9.17, 15) is 17.6 Å². The number of hydrogen-bond acceptors (Lipinski definition) is 5. The van der Waals surface area contributed by atoms with Crippen LogP contribution in [0.2, 0.25) is 0 Å². The van der Waals surface area contributed by atoms with E-state index in [1.807, 2.05) is 0 Å². The highest BCUT2D eigenvalue weighted by atomic mass is 32.2. The Labute approximate surface area is 149 Å². The van der Waals surface area contributed by atoms with Gasteiger partial charge in [0.2, 0.25) is 0 Å². The molecule has 0 aliphatic carbocycles. The molecule has 140 valence electrons. The summed E-state index contributed by atoms with van der Waals surface area (Å²) in [7, 11) is -4.18. The van der Waals surface area contributed by atoms with Crippen LogP contribution in [0.25, 0.3) is 0 Å². The number of sulfonamides is 1. The molecule has 0 spiro atoms. The maximum atomic E-state index is 13.9. The predicted molar refractivity (Wildman–Crippen MR) is 90.2 cm³/mol. The van der Waals surface area contributed by atoms with Crippen molar-refractivity contribution < 1.29 is 27.4 Å². The highest BCUT2D eigenvalue weighted by molar-refractivity contribution is 7.92. The van der Waals surface area contributed by atoms with Gasteiger partial charge in [0.1, 0.15) is 5.82 Å². The SMILES string of the molecule is Cc1c(F)cc(S(=O)(=O)Nc2ccn(C3CCOCC3)n2)cc1C(=O)O. The van der Waals surface area contributed by atoms with Gasteiger partial charge < -0.3 is 9.84 Å². The van der Waals surface area contributed by atoms with Gasteiger partial charge in [-0.1, -0.05) is 0 Å². The van der Waals surface area contributed by atoms with Crippen LogP contribution in [-0.4, -0.2) is 42.5 Å². The summed E-state index contributed by atoms with van der Waals surface area (Å²) in [5.41, 5.74) is -0.529. The Balaban J connectivity index is 1.85. The van der Waals surface area contributed by atoms with Gasteiger partial charge in [0.15, 0.2) is 5.82 Å². The molecule has 0 atom stereocenters. The number of ether oxygens (including phenoxy) is 1. The fourth-order valence-corrected chi connectivity index (χ4v) is 3.81. The maximum absolute atomic E-state index is 13.9. The molecule has 1 saturated heterocycles. The van der Waals surface area contributed by atoms with Crippen molar-refractivity contribution in [2.24, 2.45) is 0 Å². The van der Waals surface area contributed by atoms with Crippen molar-refractivity contribution in [1.29, 1.82) is 0 Å². The van der Waals surface area contributed by atoms with Crippen molar-refractivity contribution >= 4 is 21.8 Å². The quantitative estimate of drug-likeness (QED) is 0.819. The number of hydrogen-bond donors (Lipinski definition) is 2. The first-order valence-electron chi connectivity index (χ1n) is 7.97. The number of rotatable bonds is 5. The highest BCUT2D eigenvalue weighted by Crippen LogP contribution is 2.24. The zero-order chi connectivity index (χ0) is 18.9. The van der Waals surface area contributed by atoms with Crippen LogP contribution in [0.1, 0.15) is 34.8 Å². The molecule has 0 amide bonds. The third-order valence-corrected chi connectivity index (χ3v) is 5.60. The van der Waals surface area contributed by atoms with Gasteiger partial charge in [0.25, 0.3) is 10.0 Å². The molecule has 2 aromatic rings. The molecule has 3 rings (SSSR count). The van der Waals surface area contributed by atoms with E-state index in [1.54, 1.807) is 10.9 Å². The minimum atomic E-state index is -4.18. The summed E-state index contributed by atoms with van der Waals surface area (Å²) >= 11 is 0. The smallest absolute Gasteiger partial charge is 0.336 e. The maximum Gasteiger partial charge on any atom is 0.336 e. The zero-order valence-corrected chi connectivity index (χ0v) is 14.8. The molecule has 1 aromatic carbocycles. The lowest BCUT2D eigenvalue weighted by molar-refractivity contribution is 0.0663. The lowest BCUT2D eigenvalue weighted by atomic mass is 10.1. The number of halogens is 1. The molecule has 1 aliphatic rings. The molecule has 0 unspecified atom stereocenters. The Morgan fingerprint density at radius 2 is 2.08 bits per heavy atom. The van der Waals surface area contributed by atoms with E-state index in [0.29, 0.717) is 13.2 Å². The van der Waals surface area contributed by atoms with Crippen LogP contribution >= 0.6 is 0 Å². The average molecular weight is 383 g/mol. The Kier molecular flexibility index (Phi) is 4.97. The standard InChI is InChI=1S/C16H18FN3O5S/c1-10-13(16(21)22)8-12(9-14(10)17)26(23,24)19-15-2-5-20(18-15)11-3-6-25-7-4-11/h2,5,8-9,11H,3-4,6-7H2,1H3,(H,18,19)(H,21,22). The van der Waals surface area contributed by atoms with Crippen molar-refractivity contribution in [2.45, 2.75) is 30.7 Å². The van der Waals surface area contributed by atoms with E-state index >= 15 is 0 Å². The number of carboxylic acids is 1. The van der Waals surface area contributed by atoms with Crippen LogP contribution in [0.3, 0.4) is 0 Å². The normalized spacial score (nSPS) is 15.8. The number of aromatic nitrogens is 2. The van der Waals surface area contributed by atoms with Crippen molar-refractivity contribution in [3.8, 4) is 0 Å². The second-order valence-electron chi connectivity index (χ2n) is 6.01. The summed E-state index contributed by atoms with van der Waals surface area (Å²) in [6, 6.07) is 3.34. The molecule has 1 aromatic heterocycles. The molecular weight excluding hydrogens is 365 g/mol. The van der Waals surface area contributed by atoms with Crippen molar-refractivity contribution in [3.05, 3.63) is 41.3 Å². The van der Waals surface area contributed by atoms with Gasteiger partial charge in [-0.2, -0.15) is 5.10 Å². The molecule has 0 saturated carbocycles. The Morgan fingerprint density at radius 1 is 1.38 bits per heavy atom. The second-order valence-corrected chi connectivity index (χ2v) is 7.70. The predicted octanol–water partition coefficient (Wildman–Crippen LogP) is 2.18. The van der Waals surface area contributed by atoms with E-state index < -0.39 is 32.3 Å². The van der Waals surface area contributed by atoms with E-state index in [1.165, 1.54) is 13.0 Å². The zero-order valence-electron chi connectivity index (χ0n) is 14.0. The molecule has 0 radical (unpaired) electrons. The molecule has 26 heavy (non-hydrogen) atoms. The van der Waals surface area contributed by atoms with Gasteiger partial charge >= 0.3 is 5.97 Å². The lowest BCUT2D eigenvalue weighted by Crippen LogP contribution is -2.20. The summed E-state index contributed by atoms with van der Waals surface area (Å²) in [5.74, 6) is -2.23. The molecule has 2 N–H and O–H groups in total. The number of benzene rings is 1. The van der Waals surface area contributed by atoms with E-state index in [0.717, 1.165) is 25.0 Å². The van der Waals surface area contributed by atoms with Gasteiger partial charge in [-0.05, 0) is 37.5 Å². The summed E-state index contributed by atoms with van der Waals surface area (Å²) in [6.07, 6.45) is 3.21. The topological polar surface area (TPSA) is 111 Å². The summed E-state index contributed by atoms with van der Waals surface area (Å²) in [6.45, 7) is 2.51. The number of nitrogens with zero attached hydrogens (tertiary/aromatic N) is 2. The molecule has 1 fully saturated rings. The Morgan fingerprint density at radius 3 is 2.73 bits per heavy atom. The minimum absolute atomic E-state index is 0.0781. The van der Waals surface area contributed by atoms with Gasteiger partial charge in [-0.15, -0.1) is 0 Å². The van der Waals surface area contributed by atoms with Crippen LogP contribution < -0.4 is 4.72 Å². The van der Waals surface area contributed by atoms with Crippen LogP contribution in [0.15, 0.2) is 29.3 Å².